The first-order chi connectivity index (χ1) is 8.03. The van der Waals surface area contributed by atoms with E-state index in [0.717, 1.165) is 25.8 Å². The minimum absolute atomic E-state index is 0.156. The van der Waals surface area contributed by atoms with Gasteiger partial charge in [-0.3, -0.25) is 4.79 Å². The fraction of sp³-hybridized carbons (Fsp3) is 0.929. The van der Waals surface area contributed by atoms with Gasteiger partial charge in [-0.25, -0.2) is 0 Å². The van der Waals surface area contributed by atoms with Crippen molar-refractivity contribution in [3.05, 3.63) is 0 Å². The van der Waals surface area contributed by atoms with Gasteiger partial charge in [-0.1, -0.05) is 40.0 Å². The average Bonchev–Trinajstić information content (AvgIpc) is 2.30. The van der Waals surface area contributed by atoms with Crippen LogP contribution in [0, 0.1) is 5.41 Å². The number of carbonyl (C=O) groups is 1. The predicted octanol–water partition coefficient (Wildman–Crippen LogP) is 2.46. The summed E-state index contributed by atoms with van der Waals surface area (Å²) in [4.78, 5) is 11.7. The molecule has 3 nitrogen and oxygen atoms in total. The van der Waals surface area contributed by atoms with Crippen LogP contribution in [0.1, 0.15) is 59.3 Å². The summed E-state index contributed by atoms with van der Waals surface area (Å²) < 4.78 is 0. The van der Waals surface area contributed by atoms with E-state index < -0.39 is 0 Å². The van der Waals surface area contributed by atoms with E-state index in [1.54, 1.807) is 0 Å². The van der Waals surface area contributed by atoms with Crippen molar-refractivity contribution in [2.75, 3.05) is 13.1 Å². The smallest absolute Gasteiger partial charge is 0.234 e. The molecule has 2 N–H and O–H groups in total. The van der Waals surface area contributed by atoms with Crippen LogP contribution in [0.15, 0.2) is 0 Å². The molecule has 0 unspecified atom stereocenters. The third-order valence-electron chi connectivity index (χ3n) is 3.82. The summed E-state index contributed by atoms with van der Waals surface area (Å²) in [6, 6.07) is 0.428. The van der Waals surface area contributed by atoms with Crippen LogP contribution in [-0.2, 0) is 4.79 Å². The van der Waals surface area contributed by atoms with Gasteiger partial charge in [0.25, 0.3) is 0 Å². The van der Waals surface area contributed by atoms with Gasteiger partial charge < -0.3 is 10.6 Å². The van der Waals surface area contributed by atoms with Crippen molar-refractivity contribution in [2.24, 2.45) is 5.41 Å². The van der Waals surface area contributed by atoms with Crippen molar-refractivity contribution in [3.63, 3.8) is 0 Å². The van der Waals surface area contributed by atoms with E-state index in [1.165, 1.54) is 19.3 Å². The van der Waals surface area contributed by atoms with Crippen LogP contribution in [-0.4, -0.2) is 25.0 Å². The SMILES string of the molecule is CCC(C)(C)CNCC(=O)NC1CCCCC1. The number of carbonyl (C=O) groups excluding carboxylic acids is 1. The Kier molecular flexibility index (Phi) is 5.96. The largest absolute Gasteiger partial charge is 0.352 e. The predicted molar refractivity (Wildman–Crippen MR) is 72.0 cm³/mol. The van der Waals surface area contributed by atoms with E-state index in [4.69, 9.17) is 0 Å². The molecular weight excluding hydrogens is 212 g/mol. The molecule has 0 aromatic rings. The first-order valence-corrected chi connectivity index (χ1v) is 7.03. The van der Waals surface area contributed by atoms with Crippen LogP contribution in [0.2, 0.25) is 0 Å². The fourth-order valence-corrected chi connectivity index (χ4v) is 2.17. The maximum absolute atomic E-state index is 11.7. The van der Waals surface area contributed by atoms with E-state index in [2.05, 4.69) is 31.4 Å². The molecule has 0 radical (unpaired) electrons. The van der Waals surface area contributed by atoms with Crippen molar-refractivity contribution in [1.29, 1.82) is 0 Å². The molecule has 0 spiro atoms. The Labute approximate surface area is 106 Å². The maximum atomic E-state index is 11.7. The van der Waals surface area contributed by atoms with Gasteiger partial charge in [0.2, 0.25) is 5.91 Å². The number of nitrogens with one attached hydrogen (secondary N) is 2. The Hall–Kier alpha value is -0.570. The zero-order valence-electron chi connectivity index (χ0n) is 11.6. The summed E-state index contributed by atoms with van der Waals surface area (Å²) in [5.41, 5.74) is 0.283. The van der Waals surface area contributed by atoms with Crippen molar-refractivity contribution in [1.82, 2.24) is 10.6 Å². The zero-order valence-corrected chi connectivity index (χ0v) is 11.6. The molecule has 1 amide bonds. The van der Waals surface area contributed by atoms with E-state index in [9.17, 15) is 4.79 Å². The second-order valence-corrected chi connectivity index (χ2v) is 6.02. The lowest BCUT2D eigenvalue weighted by Gasteiger charge is -2.25. The standard InChI is InChI=1S/C14H28N2O/c1-4-14(2,3)11-15-10-13(17)16-12-8-6-5-7-9-12/h12,15H,4-11H2,1-3H3,(H,16,17). The summed E-state index contributed by atoms with van der Waals surface area (Å²) in [5.74, 6) is 0.156. The monoisotopic (exact) mass is 240 g/mol. The number of amides is 1. The molecule has 0 heterocycles. The average molecular weight is 240 g/mol. The number of rotatable bonds is 6. The molecule has 1 saturated carbocycles. The topological polar surface area (TPSA) is 41.1 Å². The first-order valence-electron chi connectivity index (χ1n) is 7.03. The molecule has 0 aromatic heterocycles. The molecule has 0 aliphatic heterocycles. The highest BCUT2D eigenvalue weighted by Gasteiger charge is 2.17. The van der Waals surface area contributed by atoms with Gasteiger partial charge in [-0.15, -0.1) is 0 Å². The number of hydrogen-bond donors (Lipinski definition) is 2. The molecule has 1 aliphatic carbocycles. The van der Waals surface area contributed by atoms with Crippen molar-refractivity contribution >= 4 is 5.91 Å². The highest BCUT2D eigenvalue weighted by Crippen LogP contribution is 2.18. The zero-order chi connectivity index (χ0) is 12.7. The normalized spacial score (nSPS) is 18.1. The van der Waals surface area contributed by atoms with Crippen LogP contribution in [0.3, 0.4) is 0 Å². The van der Waals surface area contributed by atoms with Crippen molar-refractivity contribution in [3.8, 4) is 0 Å². The van der Waals surface area contributed by atoms with E-state index in [0.29, 0.717) is 12.6 Å². The maximum Gasteiger partial charge on any atom is 0.234 e. The molecule has 100 valence electrons. The van der Waals surface area contributed by atoms with Crippen LogP contribution >= 0.6 is 0 Å². The molecule has 0 aromatic carbocycles. The molecule has 0 atom stereocenters. The molecule has 1 aliphatic rings. The third kappa shape index (κ3) is 6.06. The summed E-state index contributed by atoms with van der Waals surface area (Å²) in [6.45, 7) is 7.99. The Bertz CT molecular complexity index is 232. The van der Waals surface area contributed by atoms with Crippen molar-refractivity contribution < 1.29 is 4.79 Å². The quantitative estimate of drug-likeness (QED) is 0.749. The molecule has 1 rings (SSSR count). The van der Waals surface area contributed by atoms with Gasteiger partial charge in [-0.2, -0.15) is 0 Å². The summed E-state index contributed by atoms with van der Waals surface area (Å²) in [6.07, 6.45) is 7.31. The van der Waals surface area contributed by atoms with Gasteiger partial charge in [0.1, 0.15) is 0 Å². The Morgan fingerprint density at radius 1 is 1.24 bits per heavy atom. The van der Waals surface area contributed by atoms with Gasteiger partial charge in [0.05, 0.1) is 6.54 Å². The summed E-state index contributed by atoms with van der Waals surface area (Å²) in [7, 11) is 0. The molecule has 17 heavy (non-hydrogen) atoms. The first kappa shape index (κ1) is 14.5. The van der Waals surface area contributed by atoms with E-state index in [-0.39, 0.29) is 11.3 Å². The molecule has 3 heteroatoms. The summed E-state index contributed by atoms with van der Waals surface area (Å²) in [5, 5.41) is 6.38. The summed E-state index contributed by atoms with van der Waals surface area (Å²) >= 11 is 0. The lowest BCUT2D eigenvalue weighted by atomic mass is 9.90. The van der Waals surface area contributed by atoms with Crippen LogP contribution in [0.4, 0.5) is 0 Å². The lowest BCUT2D eigenvalue weighted by Crippen LogP contribution is -2.43. The highest BCUT2D eigenvalue weighted by molar-refractivity contribution is 5.78. The minimum atomic E-state index is 0.156. The molecule has 0 bridgehead atoms. The Morgan fingerprint density at radius 3 is 2.47 bits per heavy atom. The second kappa shape index (κ2) is 7.00. The third-order valence-corrected chi connectivity index (χ3v) is 3.82. The van der Waals surface area contributed by atoms with E-state index >= 15 is 0 Å². The molecular formula is C14H28N2O. The highest BCUT2D eigenvalue weighted by atomic mass is 16.1. The van der Waals surface area contributed by atoms with Gasteiger partial charge >= 0.3 is 0 Å². The minimum Gasteiger partial charge on any atom is -0.352 e. The van der Waals surface area contributed by atoms with Gasteiger partial charge in [-0.05, 0) is 24.7 Å². The van der Waals surface area contributed by atoms with Crippen LogP contribution < -0.4 is 10.6 Å². The second-order valence-electron chi connectivity index (χ2n) is 6.02. The van der Waals surface area contributed by atoms with E-state index in [1.807, 2.05) is 0 Å². The molecule has 0 saturated heterocycles. The lowest BCUT2D eigenvalue weighted by molar-refractivity contribution is -0.121. The Balaban J connectivity index is 2.12. The fourth-order valence-electron chi connectivity index (χ4n) is 2.17. The Morgan fingerprint density at radius 2 is 1.88 bits per heavy atom. The van der Waals surface area contributed by atoms with Crippen LogP contribution in [0.25, 0.3) is 0 Å². The molecule has 1 fully saturated rings. The number of hydrogen-bond acceptors (Lipinski definition) is 2. The van der Waals surface area contributed by atoms with Crippen LogP contribution in [0.5, 0.6) is 0 Å². The van der Waals surface area contributed by atoms with Crippen molar-refractivity contribution in [2.45, 2.75) is 65.3 Å². The van der Waals surface area contributed by atoms with Gasteiger partial charge in [0, 0.05) is 12.6 Å². The van der Waals surface area contributed by atoms with Gasteiger partial charge in [0.15, 0.2) is 0 Å².